The zero-order chi connectivity index (χ0) is 18.7. The molecule has 0 spiro atoms. The molecule has 3 rings (SSSR count). The number of nitrogens with zero attached hydrogens (tertiary/aromatic N) is 2. The van der Waals surface area contributed by atoms with E-state index in [9.17, 15) is 14.0 Å². The monoisotopic (exact) mass is 416 g/mol. The molecule has 134 valence electrons. The fraction of sp³-hybridized carbons (Fsp3) is 0.250. The maximum absolute atomic E-state index is 14.4. The lowest BCUT2D eigenvalue weighted by atomic mass is 9.80. The van der Waals surface area contributed by atoms with Crippen LogP contribution in [-0.2, 0) is 15.1 Å². The van der Waals surface area contributed by atoms with Gasteiger partial charge in [-0.3, -0.25) is 4.79 Å². The third kappa shape index (κ3) is 3.33. The van der Waals surface area contributed by atoms with Crippen LogP contribution < -0.4 is 0 Å². The predicted molar refractivity (Wildman–Crippen MR) is 101 cm³/mol. The van der Waals surface area contributed by atoms with Crippen molar-refractivity contribution in [2.24, 2.45) is 5.10 Å². The van der Waals surface area contributed by atoms with Crippen molar-refractivity contribution < 1.29 is 14.0 Å². The first-order chi connectivity index (χ1) is 12.5. The van der Waals surface area contributed by atoms with Gasteiger partial charge < -0.3 is 4.79 Å². The topological polar surface area (TPSA) is 49.7 Å². The van der Waals surface area contributed by atoms with Crippen LogP contribution in [-0.4, -0.2) is 22.9 Å². The van der Waals surface area contributed by atoms with Crippen LogP contribution in [0.15, 0.2) is 58.1 Å². The molecule has 1 aliphatic rings. The van der Waals surface area contributed by atoms with Crippen LogP contribution in [0.3, 0.4) is 0 Å². The average molecular weight is 417 g/mol. The molecule has 0 bridgehead atoms. The predicted octanol–water partition coefficient (Wildman–Crippen LogP) is 4.42. The summed E-state index contributed by atoms with van der Waals surface area (Å²) in [6, 6.07) is 14.1. The first kappa shape index (κ1) is 18.5. The highest BCUT2D eigenvalue weighted by molar-refractivity contribution is 9.10. The van der Waals surface area contributed by atoms with E-state index in [-0.39, 0.29) is 12.3 Å². The Bertz CT molecular complexity index is 869. The highest BCUT2D eigenvalue weighted by Crippen LogP contribution is 2.43. The van der Waals surface area contributed by atoms with Gasteiger partial charge in [0.2, 0.25) is 5.91 Å². The minimum absolute atomic E-state index is 0.245. The standard InChI is InChI=1S/C20H18BrFN2O2/c1-14(26)24-20(10-5-11-25,15-6-3-2-4-7-15)13-19(23-24)17-12-16(21)8-9-18(17)22/h2-4,6-9,11-12H,5,10,13H2,1H3/t20-/m1/s1. The lowest BCUT2D eigenvalue weighted by Gasteiger charge is -2.36. The van der Waals surface area contributed by atoms with Gasteiger partial charge in [-0.1, -0.05) is 46.3 Å². The first-order valence-corrected chi connectivity index (χ1v) is 9.10. The van der Waals surface area contributed by atoms with Gasteiger partial charge in [0.1, 0.15) is 12.1 Å². The van der Waals surface area contributed by atoms with E-state index in [0.717, 1.165) is 16.3 Å². The third-order valence-electron chi connectivity index (χ3n) is 4.61. The molecule has 26 heavy (non-hydrogen) atoms. The van der Waals surface area contributed by atoms with Crippen LogP contribution in [0, 0.1) is 5.82 Å². The summed E-state index contributed by atoms with van der Waals surface area (Å²) in [5.41, 5.74) is 0.937. The summed E-state index contributed by atoms with van der Waals surface area (Å²) >= 11 is 3.35. The van der Waals surface area contributed by atoms with Crippen molar-refractivity contribution in [1.82, 2.24) is 5.01 Å². The second kappa shape index (κ2) is 7.50. The lowest BCUT2D eigenvalue weighted by molar-refractivity contribution is -0.135. The van der Waals surface area contributed by atoms with E-state index < -0.39 is 11.4 Å². The van der Waals surface area contributed by atoms with Crippen molar-refractivity contribution in [1.29, 1.82) is 0 Å². The third-order valence-corrected chi connectivity index (χ3v) is 5.10. The number of amides is 1. The molecule has 1 amide bonds. The number of hydrogen-bond acceptors (Lipinski definition) is 3. The molecule has 0 aromatic heterocycles. The summed E-state index contributed by atoms with van der Waals surface area (Å²) in [5.74, 6) is -0.639. The van der Waals surface area contributed by atoms with Gasteiger partial charge in [-0.05, 0) is 30.2 Å². The molecule has 6 heteroatoms. The quantitative estimate of drug-likeness (QED) is 0.677. The molecular weight excluding hydrogens is 399 g/mol. The summed E-state index contributed by atoms with van der Waals surface area (Å²) < 4.78 is 15.1. The van der Waals surface area contributed by atoms with E-state index in [1.54, 1.807) is 12.1 Å². The molecule has 1 atom stereocenters. The zero-order valence-corrected chi connectivity index (χ0v) is 15.9. The maximum atomic E-state index is 14.4. The van der Waals surface area contributed by atoms with Crippen LogP contribution in [0.1, 0.15) is 37.3 Å². The Balaban J connectivity index is 2.12. The summed E-state index contributed by atoms with van der Waals surface area (Å²) in [7, 11) is 0. The van der Waals surface area contributed by atoms with Crippen molar-refractivity contribution in [3.63, 3.8) is 0 Å². The smallest absolute Gasteiger partial charge is 0.240 e. The average Bonchev–Trinajstić information content (AvgIpc) is 3.04. The van der Waals surface area contributed by atoms with Crippen LogP contribution in [0.2, 0.25) is 0 Å². The number of rotatable bonds is 5. The van der Waals surface area contributed by atoms with Crippen LogP contribution in [0.25, 0.3) is 0 Å². The minimum atomic E-state index is -0.794. The van der Waals surface area contributed by atoms with E-state index in [0.29, 0.717) is 24.1 Å². The van der Waals surface area contributed by atoms with Crippen molar-refractivity contribution in [3.8, 4) is 0 Å². The summed E-state index contributed by atoms with van der Waals surface area (Å²) in [6.07, 6.45) is 1.88. The van der Waals surface area contributed by atoms with E-state index >= 15 is 0 Å². The molecule has 4 nitrogen and oxygen atoms in total. The molecule has 1 aliphatic heterocycles. The van der Waals surface area contributed by atoms with E-state index in [1.807, 2.05) is 30.3 Å². The highest BCUT2D eigenvalue weighted by Gasteiger charge is 2.46. The number of hydrazone groups is 1. The summed E-state index contributed by atoms with van der Waals surface area (Å²) in [5, 5.41) is 5.87. The molecule has 2 aromatic carbocycles. The Kier molecular flexibility index (Phi) is 5.32. The molecule has 0 radical (unpaired) electrons. The van der Waals surface area contributed by atoms with Gasteiger partial charge in [-0.25, -0.2) is 9.40 Å². The zero-order valence-electron chi connectivity index (χ0n) is 14.3. The normalized spacial score (nSPS) is 19.3. The van der Waals surface area contributed by atoms with Crippen LogP contribution in [0.5, 0.6) is 0 Å². The molecule has 0 saturated heterocycles. The SMILES string of the molecule is CC(=O)N1N=C(c2cc(Br)ccc2F)C[C@]1(CCC=O)c1ccccc1. The second-order valence-electron chi connectivity index (χ2n) is 6.28. The van der Waals surface area contributed by atoms with Gasteiger partial charge in [-0.15, -0.1) is 0 Å². The fourth-order valence-electron chi connectivity index (χ4n) is 3.45. The number of carbonyl (C=O) groups excluding carboxylic acids is 2. The summed E-state index contributed by atoms with van der Waals surface area (Å²) in [6.45, 7) is 1.43. The molecule has 0 saturated carbocycles. The highest BCUT2D eigenvalue weighted by atomic mass is 79.9. The Hall–Kier alpha value is -2.34. The Labute approximate surface area is 159 Å². The molecule has 0 unspecified atom stereocenters. The fourth-order valence-corrected chi connectivity index (χ4v) is 3.81. The largest absolute Gasteiger partial charge is 0.303 e. The van der Waals surface area contributed by atoms with Gasteiger partial charge in [0.15, 0.2) is 0 Å². The molecule has 1 heterocycles. The molecule has 0 fully saturated rings. The number of benzene rings is 2. The first-order valence-electron chi connectivity index (χ1n) is 8.31. The van der Waals surface area contributed by atoms with Gasteiger partial charge in [-0.2, -0.15) is 5.10 Å². The number of aldehydes is 1. The van der Waals surface area contributed by atoms with Gasteiger partial charge in [0.05, 0.1) is 11.3 Å². The van der Waals surface area contributed by atoms with E-state index in [2.05, 4.69) is 21.0 Å². The van der Waals surface area contributed by atoms with Crippen molar-refractivity contribution in [2.75, 3.05) is 0 Å². The Morgan fingerprint density at radius 3 is 2.69 bits per heavy atom. The van der Waals surface area contributed by atoms with Gasteiger partial charge in [0.25, 0.3) is 0 Å². The van der Waals surface area contributed by atoms with Gasteiger partial charge in [0, 0.05) is 29.8 Å². The maximum Gasteiger partial charge on any atom is 0.240 e. The number of halogens is 2. The van der Waals surface area contributed by atoms with E-state index in [1.165, 1.54) is 18.0 Å². The molecule has 0 N–H and O–H groups in total. The minimum Gasteiger partial charge on any atom is -0.303 e. The van der Waals surface area contributed by atoms with Crippen molar-refractivity contribution in [3.05, 3.63) is 69.9 Å². The Morgan fingerprint density at radius 2 is 2.04 bits per heavy atom. The van der Waals surface area contributed by atoms with Crippen molar-refractivity contribution >= 4 is 33.8 Å². The second-order valence-corrected chi connectivity index (χ2v) is 7.20. The van der Waals surface area contributed by atoms with Crippen LogP contribution >= 0.6 is 15.9 Å². The summed E-state index contributed by atoms with van der Waals surface area (Å²) in [4.78, 5) is 23.4. The number of carbonyl (C=O) groups is 2. The van der Waals surface area contributed by atoms with E-state index in [4.69, 9.17) is 0 Å². The Morgan fingerprint density at radius 1 is 1.31 bits per heavy atom. The lowest BCUT2D eigenvalue weighted by Crippen LogP contribution is -2.42. The van der Waals surface area contributed by atoms with Crippen molar-refractivity contribution in [2.45, 2.75) is 31.7 Å². The molecular formula is C20H18BrFN2O2. The molecule has 0 aliphatic carbocycles. The van der Waals surface area contributed by atoms with Gasteiger partial charge >= 0.3 is 0 Å². The number of hydrogen-bond donors (Lipinski definition) is 0. The van der Waals surface area contributed by atoms with Crippen LogP contribution in [0.4, 0.5) is 4.39 Å². The molecule has 2 aromatic rings.